The number of aromatic nitrogens is 1. The Hall–Kier alpha value is -3.43. The van der Waals surface area contributed by atoms with E-state index in [4.69, 9.17) is 9.47 Å². The number of methoxy groups -OCH3 is 1. The molecule has 2 N–H and O–H groups in total. The van der Waals surface area contributed by atoms with Gasteiger partial charge in [-0.25, -0.2) is 13.6 Å². The van der Waals surface area contributed by atoms with E-state index >= 15 is 0 Å². The highest BCUT2D eigenvalue weighted by atomic mass is 19.1. The Labute approximate surface area is 191 Å². The van der Waals surface area contributed by atoms with E-state index in [-0.39, 0.29) is 24.1 Å². The summed E-state index contributed by atoms with van der Waals surface area (Å²) in [6.45, 7) is 5.67. The number of carbonyl (C=O) groups excluding carboxylic acids is 2. The second-order valence-electron chi connectivity index (χ2n) is 8.67. The van der Waals surface area contributed by atoms with E-state index in [9.17, 15) is 18.4 Å². The maximum absolute atomic E-state index is 14.6. The molecule has 3 rings (SSSR count). The highest BCUT2D eigenvalue weighted by Crippen LogP contribution is 2.26. The van der Waals surface area contributed by atoms with E-state index in [2.05, 4.69) is 15.6 Å². The van der Waals surface area contributed by atoms with Crippen LogP contribution in [0.4, 0.5) is 25.1 Å². The van der Waals surface area contributed by atoms with Crippen LogP contribution in [-0.2, 0) is 16.1 Å². The van der Waals surface area contributed by atoms with Gasteiger partial charge in [-0.15, -0.1) is 0 Å². The zero-order chi connectivity index (χ0) is 24.2. The average molecular weight is 462 g/mol. The number of nitrogens with one attached hydrogen (secondary N) is 2. The number of anilines is 2. The summed E-state index contributed by atoms with van der Waals surface area (Å²) in [4.78, 5) is 30.7. The van der Waals surface area contributed by atoms with Gasteiger partial charge >= 0.3 is 6.09 Å². The SMILES string of the molecule is COc1nc(Nc2ccc(F)cc2)c(F)cc1CNC(=O)[C@@H]1CCCN1C(=O)OC(C)(C)C. The van der Waals surface area contributed by atoms with E-state index < -0.39 is 29.4 Å². The van der Waals surface area contributed by atoms with Crippen LogP contribution in [0.15, 0.2) is 30.3 Å². The molecule has 0 saturated carbocycles. The number of benzene rings is 1. The fourth-order valence-electron chi connectivity index (χ4n) is 3.45. The second-order valence-corrected chi connectivity index (χ2v) is 8.67. The molecule has 178 valence electrons. The molecule has 1 aliphatic rings. The molecule has 1 fully saturated rings. The first-order valence-corrected chi connectivity index (χ1v) is 10.6. The third-order valence-electron chi connectivity index (χ3n) is 4.95. The molecule has 1 atom stereocenters. The Morgan fingerprint density at radius 1 is 1.21 bits per heavy atom. The van der Waals surface area contributed by atoms with Crippen LogP contribution in [0.3, 0.4) is 0 Å². The number of hydrogen-bond acceptors (Lipinski definition) is 6. The van der Waals surface area contributed by atoms with Crippen molar-refractivity contribution in [2.24, 2.45) is 0 Å². The Kier molecular flexibility index (Phi) is 7.35. The number of amides is 2. The number of hydrogen-bond donors (Lipinski definition) is 2. The fourth-order valence-corrected chi connectivity index (χ4v) is 3.45. The van der Waals surface area contributed by atoms with Crippen LogP contribution in [0.25, 0.3) is 0 Å². The predicted octanol–water partition coefficient (Wildman–Crippen LogP) is 4.13. The molecule has 10 heteroatoms. The van der Waals surface area contributed by atoms with Gasteiger partial charge in [-0.3, -0.25) is 9.69 Å². The third kappa shape index (κ3) is 6.30. The zero-order valence-corrected chi connectivity index (χ0v) is 19.1. The largest absolute Gasteiger partial charge is 0.481 e. The van der Waals surface area contributed by atoms with Crippen molar-refractivity contribution in [1.29, 1.82) is 0 Å². The molecule has 0 spiro atoms. The summed E-state index contributed by atoms with van der Waals surface area (Å²) in [5.41, 5.74) is 0.116. The minimum absolute atomic E-state index is 0.0403. The minimum Gasteiger partial charge on any atom is -0.481 e. The predicted molar refractivity (Wildman–Crippen MR) is 118 cm³/mol. The van der Waals surface area contributed by atoms with E-state index in [1.165, 1.54) is 42.3 Å². The van der Waals surface area contributed by atoms with Gasteiger partial charge in [-0.2, -0.15) is 4.98 Å². The Morgan fingerprint density at radius 3 is 2.55 bits per heavy atom. The summed E-state index contributed by atoms with van der Waals surface area (Å²) in [6.07, 6.45) is 0.650. The molecule has 1 aromatic carbocycles. The molecule has 0 aliphatic carbocycles. The Balaban J connectivity index is 1.67. The van der Waals surface area contributed by atoms with Crippen molar-refractivity contribution in [1.82, 2.24) is 15.2 Å². The first-order chi connectivity index (χ1) is 15.6. The van der Waals surface area contributed by atoms with E-state index in [0.717, 1.165) is 0 Å². The molecule has 8 nitrogen and oxygen atoms in total. The second kappa shape index (κ2) is 10.0. The molecule has 0 bridgehead atoms. The number of ether oxygens (including phenoxy) is 2. The molecular formula is C23H28F2N4O4. The van der Waals surface area contributed by atoms with Crippen molar-refractivity contribution in [3.05, 3.63) is 47.5 Å². The third-order valence-corrected chi connectivity index (χ3v) is 4.95. The van der Waals surface area contributed by atoms with Gasteiger partial charge in [-0.1, -0.05) is 0 Å². The maximum Gasteiger partial charge on any atom is 0.410 e. The van der Waals surface area contributed by atoms with Crippen molar-refractivity contribution >= 4 is 23.5 Å². The van der Waals surface area contributed by atoms with Gasteiger partial charge in [0.05, 0.1) is 7.11 Å². The normalized spacial score (nSPS) is 15.8. The smallest absolute Gasteiger partial charge is 0.410 e. The first kappa shape index (κ1) is 24.2. The van der Waals surface area contributed by atoms with Crippen LogP contribution in [-0.4, -0.2) is 47.2 Å². The summed E-state index contributed by atoms with van der Waals surface area (Å²) in [6, 6.07) is 5.93. The molecule has 33 heavy (non-hydrogen) atoms. The highest BCUT2D eigenvalue weighted by molar-refractivity contribution is 5.86. The summed E-state index contributed by atoms with van der Waals surface area (Å²) < 4.78 is 38.4. The quantitative estimate of drug-likeness (QED) is 0.671. The molecule has 1 aliphatic heterocycles. The summed E-state index contributed by atoms with van der Waals surface area (Å²) in [5, 5.41) is 5.50. The topological polar surface area (TPSA) is 92.8 Å². The van der Waals surface area contributed by atoms with Gasteiger partial charge in [-0.05, 0) is 63.9 Å². The maximum atomic E-state index is 14.6. The van der Waals surface area contributed by atoms with Gasteiger partial charge in [0.25, 0.3) is 0 Å². The molecule has 2 heterocycles. The summed E-state index contributed by atoms with van der Waals surface area (Å²) in [5.74, 6) is -1.42. The number of rotatable bonds is 6. The molecule has 1 saturated heterocycles. The van der Waals surface area contributed by atoms with Gasteiger partial charge in [0.1, 0.15) is 17.5 Å². The number of carbonyl (C=O) groups is 2. The zero-order valence-electron chi connectivity index (χ0n) is 19.1. The summed E-state index contributed by atoms with van der Waals surface area (Å²) in [7, 11) is 1.38. The minimum atomic E-state index is -0.666. The summed E-state index contributed by atoms with van der Waals surface area (Å²) >= 11 is 0. The molecule has 2 aromatic rings. The number of halogens is 2. The van der Waals surface area contributed by atoms with Crippen molar-refractivity contribution in [2.45, 2.75) is 51.8 Å². The van der Waals surface area contributed by atoms with Crippen molar-refractivity contribution in [3.63, 3.8) is 0 Å². The standard InChI is InChI=1S/C23H28F2N4O4/c1-23(2,3)33-22(31)29-11-5-6-18(29)20(30)26-13-14-12-17(25)19(28-21(14)32-4)27-16-9-7-15(24)8-10-16/h7-10,12,18H,5-6,11,13H2,1-4H3,(H,26,30)(H,27,28)/t18-/m0/s1. The molecule has 0 radical (unpaired) electrons. The van der Waals surface area contributed by atoms with E-state index in [1.54, 1.807) is 20.8 Å². The van der Waals surface area contributed by atoms with Crippen molar-refractivity contribution in [2.75, 3.05) is 19.0 Å². The van der Waals surface area contributed by atoms with Crippen molar-refractivity contribution in [3.8, 4) is 5.88 Å². The number of likely N-dealkylation sites (tertiary alicyclic amines) is 1. The number of pyridine rings is 1. The molecule has 1 aromatic heterocycles. The van der Waals surface area contributed by atoms with E-state index in [0.29, 0.717) is 30.6 Å². The molecule has 0 unspecified atom stereocenters. The highest BCUT2D eigenvalue weighted by Gasteiger charge is 2.36. The Bertz CT molecular complexity index is 1010. The molecular weight excluding hydrogens is 434 g/mol. The van der Waals surface area contributed by atoms with E-state index in [1.807, 2.05) is 0 Å². The van der Waals surface area contributed by atoms with Gasteiger partial charge < -0.3 is 20.1 Å². The van der Waals surface area contributed by atoms with Crippen LogP contribution in [0, 0.1) is 11.6 Å². The van der Waals surface area contributed by atoms with Crippen LogP contribution >= 0.6 is 0 Å². The van der Waals surface area contributed by atoms with Crippen LogP contribution < -0.4 is 15.4 Å². The Morgan fingerprint density at radius 2 is 1.91 bits per heavy atom. The lowest BCUT2D eigenvalue weighted by molar-refractivity contribution is -0.125. The lowest BCUT2D eigenvalue weighted by Crippen LogP contribution is -2.47. The van der Waals surface area contributed by atoms with Gasteiger partial charge in [0, 0.05) is 24.3 Å². The lowest BCUT2D eigenvalue weighted by atomic mass is 10.2. The average Bonchev–Trinajstić information content (AvgIpc) is 3.24. The molecule has 2 amide bonds. The first-order valence-electron chi connectivity index (χ1n) is 10.6. The van der Waals surface area contributed by atoms with Crippen LogP contribution in [0.2, 0.25) is 0 Å². The van der Waals surface area contributed by atoms with Crippen LogP contribution in [0.5, 0.6) is 5.88 Å². The monoisotopic (exact) mass is 462 g/mol. The van der Waals surface area contributed by atoms with Gasteiger partial charge in [0.15, 0.2) is 11.6 Å². The van der Waals surface area contributed by atoms with Crippen LogP contribution in [0.1, 0.15) is 39.2 Å². The lowest BCUT2D eigenvalue weighted by Gasteiger charge is -2.28. The number of nitrogens with zero attached hydrogens (tertiary/aromatic N) is 2. The van der Waals surface area contributed by atoms with Gasteiger partial charge in [0.2, 0.25) is 11.8 Å². The van der Waals surface area contributed by atoms with Crippen molar-refractivity contribution < 1.29 is 27.8 Å². The fraction of sp³-hybridized carbons (Fsp3) is 0.435.